The molecule has 0 unspecified atom stereocenters. The first-order valence-electron chi connectivity index (χ1n) is 10.9. The molecule has 33 heavy (non-hydrogen) atoms. The van der Waals surface area contributed by atoms with Crippen molar-refractivity contribution in [1.29, 1.82) is 0 Å². The van der Waals surface area contributed by atoms with Crippen molar-refractivity contribution in [2.45, 2.75) is 29.9 Å². The molecule has 1 aromatic heterocycles. The summed E-state index contributed by atoms with van der Waals surface area (Å²) in [4.78, 5) is 16.3. The Labute approximate surface area is 197 Å². The summed E-state index contributed by atoms with van der Waals surface area (Å²) >= 11 is 1.20. The normalized spacial score (nSPS) is 21.2. The zero-order chi connectivity index (χ0) is 23.6. The van der Waals surface area contributed by atoms with Crippen LogP contribution >= 0.6 is 11.3 Å². The number of methoxy groups -OCH3 is 2. The quantitative estimate of drug-likeness (QED) is 0.606. The Kier molecular flexibility index (Phi) is 7.06. The molecule has 3 heterocycles. The molecule has 2 aliphatic heterocycles. The summed E-state index contributed by atoms with van der Waals surface area (Å²) in [5.74, 6) is 0.135. The van der Waals surface area contributed by atoms with Crippen molar-refractivity contribution in [2.24, 2.45) is 16.8 Å². The molecular formula is C23H28N2O6S2. The van der Waals surface area contributed by atoms with Crippen LogP contribution in [0.25, 0.3) is 0 Å². The van der Waals surface area contributed by atoms with Gasteiger partial charge in [0.25, 0.3) is 10.0 Å². The van der Waals surface area contributed by atoms with Crippen LogP contribution in [0, 0.1) is 11.8 Å². The van der Waals surface area contributed by atoms with E-state index in [0.717, 1.165) is 23.3 Å². The van der Waals surface area contributed by atoms with Gasteiger partial charge in [-0.25, -0.2) is 8.42 Å². The third-order valence-corrected chi connectivity index (χ3v) is 9.68. The number of carboxylic acids is 1. The standard InChI is InChI=1S/C23H28N2O6S2/c1-30-20-11-16-5-7-24-19(18(16)13-21(20)31-2)10-17-14-25(8-6-15(17)12-22(26)27)33(28,29)23-4-3-9-32-23/h3-4,9,11,13,15,17H,5-8,10,12,14H2,1-2H3,(H,26,27)/t15-,17-/m0/s1. The van der Waals surface area contributed by atoms with E-state index in [0.29, 0.717) is 41.6 Å². The second-order valence-electron chi connectivity index (χ2n) is 8.35. The number of benzene rings is 1. The van der Waals surface area contributed by atoms with Crippen LogP contribution in [-0.2, 0) is 21.2 Å². The van der Waals surface area contributed by atoms with Gasteiger partial charge in [0.05, 0.1) is 14.2 Å². The Morgan fingerprint density at radius 3 is 2.67 bits per heavy atom. The fourth-order valence-corrected chi connectivity index (χ4v) is 7.40. The number of aliphatic imine (C=N–C) groups is 1. The summed E-state index contributed by atoms with van der Waals surface area (Å²) in [5.41, 5.74) is 2.94. The van der Waals surface area contributed by atoms with Crippen molar-refractivity contribution in [1.82, 2.24) is 4.31 Å². The van der Waals surface area contributed by atoms with Gasteiger partial charge in [0.2, 0.25) is 0 Å². The highest BCUT2D eigenvalue weighted by molar-refractivity contribution is 7.91. The maximum Gasteiger partial charge on any atom is 0.303 e. The molecule has 0 saturated carbocycles. The van der Waals surface area contributed by atoms with Crippen molar-refractivity contribution < 1.29 is 27.8 Å². The minimum Gasteiger partial charge on any atom is -0.493 e. The highest BCUT2D eigenvalue weighted by atomic mass is 32.2. The van der Waals surface area contributed by atoms with Crippen LogP contribution in [-0.4, -0.2) is 63.4 Å². The van der Waals surface area contributed by atoms with Crippen molar-refractivity contribution in [3.05, 3.63) is 40.8 Å². The van der Waals surface area contributed by atoms with Crippen molar-refractivity contribution in [3.8, 4) is 11.5 Å². The molecule has 10 heteroatoms. The Morgan fingerprint density at radius 2 is 2.00 bits per heavy atom. The van der Waals surface area contributed by atoms with Crippen LogP contribution in [0.1, 0.15) is 30.4 Å². The first-order chi connectivity index (χ1) is 15.8. The number of thiophene rings is 1. The van der Waals surface area contributed by atoms with Crippen LogP contribution in [0.4, 0.5) is 0 Å². The van der Waals surface area contributed by atoms with E-state index in [-0.39, 0.29) is 24.8 Å². The molecule has 0 bridgehead atoms. The maximum atomic E-state index is 13.1. The fourth-order valence-electron chi connectivity index (χ4n) is 4.74. The first-order valence-corrected chi connectivity index (χ1v) is 13.2. The molecule has 1 fully saturated rings. The zero-order valence-electron chi connectivity index (χ0n) is 18.7. The molecule has 2 aromatic rings. The highest BCUT2D eigenvalue weighted by Crippen LogP contribution is 2.37. The third-order valence-electron chi connectivity index (χ3n) is 6.44. The van der Waals surface area contributed by atoms with E-state index in [2.05, 4.69) is 0 Å². The smallest absolute Gasteiger partial charge is 0.303 e. The molecule has 2 atom stereocenters. The average Bonchev–Trinajstić information content (AvgIpc) is 3.35. The SMILES string of the molecule is COc1cc2c(cc1OC)C(C[C@H]1CN(S(=O)(=O)c3cccs3)CC[C@H]1CC(=O)O)=NCC2. The summed E-state index contributed by atoms with van der Waals surface area (Å²) in [6, 6.07) is 7.22. The molecule has 178 valence electrons. The molecule has 1 N–H and O–H groups in total. The van der Waals surface area contributed by atoms with Gasteiger partial charge in [-0.05, 0) is 60.2 Å². The Hall–Kier alpha value is -2.43. The summed E-state index contributed by atoms with van der Waals surface area (Å²) in [7, 11) is -0.412. The topological polar surface area (TPSA) is 106 Å². The van der Waals surface area contributed by atoms with E-state index in [1.54, 1.807) is 31.7 Å². The summed E-state index contributed by atoms with van der Waals surface area (Å²) in [5, 5.41) is 11.2. The molecule has 4 rings (SSSR count). The number of ether oxygens (including phenoxy) is 2. The Balaban J connectivity index is 1.62. The number of carbonyl (C=O) groups is 1. The Morgan fingerprint density at radius 1 is 1.24 bits per heavy atom. The minimum atomic E-state index is -3.60. The summed E-state index contributed by atoms with van der Waals surface area (Å²) in [6.45, 7) is 1.23. The average molecular weight is 493 g/mol. The first kappa shape index (κ1) is 23.7. The van der Waals surface area contributed by atoms with Crippen LogP contribution in [0.2, 0.25) is 0 Å². The van der Waals surface area contributed by atoms with Gasteiger partial charge < -0.3 is 14.6 Å². The maximum absolute atomic E-state index is 13.1. The minimum absolute atomic E-state index is 0.0175. The summed E-state index contributed by atoms with van der Waals surface area (Å²) < 4.78 is 39.0. The molecule has 0 amide bonds. The van der Waals surface area contributed by atoms with Gasteiger partial charge in [-0.3, -0.25) is 9.79 Å². The van der Waals surface area contributed by atoms with E-state index in [1.807, 2.05) is 12.1 Å². The Bertz CT molecular complexity index is 1140. The number of fused-ring (bicyclic) bond motifs is 1. The lowest BCUT2D eigenvalue weighted by atomic mass is 9.79. The van der Waals surface area contributed by atoms with Gasteiger partial charge >= 0.3 is 5.97 Å². The van der Waals surface area contributed by atoms with Gasteiger partial charge in [0.1, 0.15) is 4.21 Å². The van der Waals surface area contributed by atoms with Crippen molar-refractivity contribution in [3.63, 3.8) is 0 Å². The lowest BCUT2D eigenvalue weighted by Gasteiger charge is -2.38. The van der Waals surface area contributed by atoms with Crippen LogP contribution in [0.3, 0.4) is 0 Å². The van der Waals surface area contributed by atoms with E-state index < -0.39 is 16.0 Å². The van der Waals surface area contributed by atoms with Crippen LogP contribution in [0.5, 0.6) is 11.5 Å². The van der Waals surface area contributed by atoms with Crippen molar-refractivity contribution in [2.75, 3.05) is 33.9 Å². The predicted octanol–water partition coefficient (Wildman–Crippen LogP) is 3.30. The molecule has 1 aromatic carbocycles. The zero-order valence-corrected chi connectivity index (χ0v) is 20.3. The third kappa shape index (κ3) is 4.92. The fraction of sp³-hybridized carbons (Fsp3) is 0.478. The van der Waals surface area contributed by atoms with Gasteiger partial charge in [-0.2, -0.15) is 4.31 Å². The van der Waals surface area contributed by atoms with Crippen LogP contribution < -0.4 is 9.47 Å². The van der Waals surface area contributed by atoms with Crippen LogP contribution in [0.15, 0.2) is 38.8 Å². The number of carboxylic acid groups (broad SMARTS) is 1. The number of rotatable bonds is 8. The number of aliphatic carboxylic acids is 1. The number of piperidine rings is 1. The van der Waals surface area contributed by atoms with E-state index in [4.69, 9.17) is 14.5 Å². The lowest BCUT2D eigenvalue weighted by molar-refractivity contribution is -0.138. The van der Waals surface area contributed by atoms with E-state index in [1.165, 1.54) is 15.6 Å². The summed E-state index contributed by atoms with van der Waals surface area (Å²) in [6.07, 6.45) is 1.81. The molecule has 1 saturated heterocycles. The van der Waals surface area contributed by atoms with Gasteiger partial charge in [-0.15, -0.1) is 11.3 Å². The van der Waals surface area contributed by atoms with Crippen molar-refractivity contribution >= 4 is 33.0 Å². The molecular weight excluding hydrogens is 464 g/mol. The van der Waals surface area contributed by atoms with Gasteiger partial charge in [0, 0.05) is 37.3 Å². The number of nitrogens with zero attached hydrogens (tertiary/aromatic N) is 2. The highest BCUT2D eigenvalue weighted by Gasteiger charge is 2.38. The number of sulfonamides is 1. The van der Waals surface area contributed by atoms with E-state index >= 15 is 0 Å². The lowest BCUT2D eigenvalue weighted by Crippen LogP contribution is -2.44. The number of hydrogen-bond acceptors (Lipinski definition) is 7. The second-order valence-corrected chi connectivity index (χ2v) is 11.5. The number of hydrogen-bond donors (Lipinski definition) is 1. The molecule has 0 aliphatic carbocycles. The second kappa shape index (κ2) is 9.82. The molecule has 2 aliphatic rings. The largest absolute Gasteiger partial charge is 0.493 e. The molecule has 8 nitrogen and oxygen atoms in total. The van der Waals surface area contributed by atoms with Gasteiger partial charge in [0.15, 0.2) is 11.5 Å². The van der Waals surface area contributed by atoms with Gasteiger partial charge in [-0.1, -0.05) is 6.07 Å². The molecule has 0 spiro atoms. The predicted molar refractivity (Wildman–Crippen MR) is 126 cm³/mol. The van der Waals surface area contributed by atoms with E-state index in [9.17, 15) is 18.3 Å². The monoisotopic (exact) mass is 492 g/mol. The molecule has 0 radical (unpaired) electrons.